The lowest BCUT2D eigenvalue weighted by atomic mass is 10.1. The molecule has 0 radical (unpaired) electrons. The van der Waals surface area contributed by atoms with Gasteiger partial charge in [-0.3, -0.25) is 9.59 Å². The van der Waals surface area contributed by atoms with Crippen LogP contribution < -0.4 is 10.2 Å². The van der Waals surface area contributed by atoms with Crippen molar-refractivity contribution in [3.8, 4) is 0 Å². The van der Waals surface area contributed by atoms with Gasteiger partial charge in [0.15, 0.2) is 0 Å². The van der Waals surface area contributed by atoms with Crippen molar-refractivity contribution in [3.05, 3.63) is 23.8 Å². The maximum absolute atomic E-state index is 13.0. The van der Waals surface area contributed by atoms with Crippen LogP contribution in [0.25, 0.3) is 0 Å². The maximum Gasteiger partial charge on any atom is 0.256 e. The molecule has 1 aromatic rings. The molecule has 1 fully saturated rings. The summed E-state index contributed by atoms with van der Waals surface area (Å²) in [5.74, 6) is 0.0971. The van der Waals surface area contributed by atoms with Crippen LogP contribution in [0.4, 0.5) is 11.4 Å². The molecule has 1 aliphatic rings. The van der Waals surface area contributed by atoms with E-state index in [1.54, 1.807) is 0 Å². The Balaban J connectivity index is 1.97. The first kappa shape index (κ1) is 22.3. The van der Waals surface area contributed by atoms with Crippen molar-refractivity contribution in [2.24, 2.45) is 0 Å². The summed E-state index contributed by atoms with van der Waals surface area (Å²) in [6.45, 7) is 3.85. The number of piperidine rings is 1. The fourth-order valence-corrected chi connectivity index (χ4v) is 3.73. The molecule has 5 heteroatoms. The minimum absolute atomic E-state index is 0.0319. The predicted molar refractivity (Wildman–Crippen MR) is 117 cm³/mol. The van der Waals surface area contributed by atoms with Gasteiger partial charge in [0.05, 0.1) is 5.56 Å². The van der Waals surface area contributed by atoms with E-state index < -0.39 is 0 Å². The fraction of sp³-hybridized carbons (Fsp3) is 0.652. The Kier molecular flexibility index (Phi) is 9.32. The maximum atomic E-state index is 13.0. The number of likely N-dealkylation sites (tertiary alicyclic amines) is 1. The molecule has 0 aromatic heterocycles. The second-order valence-electron chi connectivity index (χ2n) is 8.05. The number of amides is 2. The molecule has 0 bridgehead atoms. The zero-order chi connectivity index (χ0) is 20.4. The summed E-state index contributed by atoms with van der Waals surface area (Å²) in [6, 6.07) is 5.66. The average Bonchev–Trinajstić information content (AvgIpc) is 2.70. The minimum Gasteiger partial charge on any atom is -0.377 e. The molecule has 156 valence electrons. The Hall–Kier alpha value is -2.04. The highest BCUT2D eigenvalue weighted by atomic mass is 16.2. The van der Waals surface area contributed by atoms with Crippen molar-refractivity contribution in [1.29, 1.82) is 0 Å². The van der Waals surface area contributed by atoms with E-state index in [9.17, 15) is 9.59 Å². The number of nitrogens with zero attached hydrogens (tertiary/aromatic N) is 2. The molecule has 1 heterocycles. The first-order chi connectivity index (χ1) is 13.5. The molecule has 0 spiro atoms. The van der Waals surface area contributed by atoms with E-state index in [2.05, 4.69) is 12.2 Å². The molecular formula is C23H37N3O2. The van der Waals surface area contributed by atoms with Crippen LogP contribution in [0.2, 0.25) is 0 Å². The summed E-state index contributed by atoms with van der Waals surface area (Å²) in [5, 5.41) is 2.98. The van der Waals surface area contributed by atoms with Crippen LogP contribution >= 0.6 is 0 Å². The molecule has 1 N–H and O–H groups in total. The lowest BCUT2D eigenvalue weighted by Gasteiger charge is -2.28. The van der Waals surface area contributed by atoms with Gasteiger partial charge in [-0.2, -0.15) is 0 Å². The third kappa shape index (κ3) is 6.84. The summed E-state index contributed by atoms with van der Waals surface area (Å²) < 4.78 is 0. The van der Waals surface area contributed by atoms with E-state index >= 15 is 0 Å². The molecule has 28 heavy (non-hydrogen) atoms. The topological polar surface area (TPSA) is 52.7 Å². The normalized spacial score (nSPS) is 14.0. The second-order valence-corrected chi connectivity index (χ2v) is 8.05. The Labute approximate surface area is 170 Å². The molecule has 1 saturated heterocycles. The van der Waals surface area contributed by atoms with Gasteiger partial charge in [-0.25, -0.2) is 0 Å². The van der Waals surface area contributed by atoms with Crippen LogP contribution in [0, 0.1) is 0 Å². The Morgan fingerprint density at radius 3 is 2.36 bits per heavy atom. The number of carbonyl (C=O) groups is 2. The largest absolute Gasteiger partial charge is 0.377 e. The number of hydrogen-bond acceptors (Lipinski definition) is 3. The van der Waals surface area contributed by atoms with Gasteiger partial charge in [-0.05, 0) is 43.9 Å². The van der Waals surface area contributed by atoms with E-state index in [-0.39, 0.29) is 11.8 Å². The highest BCUT2D eigenvalue weighted by Gasteiger charge is 2.22. The smallest absolute Gasteiger partial charge is 0.256 e. The van der Waals surface area contributed by atoms with E-state index in [4.69, 9.17) is 0 Å². The first-order valence-corrected chi connectivity index (χ1v) is 10.9. The van der Waals surface area contributed by atoms with Crippen LogP contribution in [0.1, 0.15) is 81.5 Å². The first-order valence-electron chi connectivity index (χ1n) is 10.9. The molecule has 5 nitrogen and oxygen atoms in total. The number of unbranched alkanes of at least 4 members (excludes halogenated alkanes) is 5. The van der Waals surface area contributed by atoms with Crippen molar-refractivity contribution >= 4 is 23.2 Å². The van der Waals surface area contributed by atoms with E-state index in [1.165, 1.54) is 32.1 Å². The molecular weight excluding hydrogens is 350 g/mol. The van der Waals surface area contributed by atoms with Gasteiger partial charge in [-0.1, -0.05) is 39.0 Å². The molecule has 1 aromatic carbocycles. The van der Waals surface area contributed by atoms with E-state index in [0.717, 1.165) is 44.5 Å². The van der Waals surface area contributed by atoms with Crippen molar-refractivity contribution in [1.82, 2.24) is 4.90 Å². The zero-order valence-electron chi connectivity index (χ0n) is 17.9. The molecule has 2 amide bonds. The summed E-state index contributed by atoms with van der Waals surface area (Å²) >= 11 is 0. The van der Waals surface area contributed by atoms with Crippen LogP contribution in [0.15, 0.2) is 18.2 Å². The number of nitrogens with one attached hydrogen (secondary N) is 1. The van der Waals surface area contributed by atoms with Crippen molar-refractivity contribution in [2.45, 2.75) is 71.1 Å². The third-order valence-corrected chi connectivity index (χ3v) is 5.39. The number of anilines is 2. The number of rotatable bonds is 10. The molecule has 0 saturated carbocycles. The Morgan fingerprint density at radius 1 is 1.00 bits per heavy atom. The highest BCUT2D eigenvalue weighted by molar-refractivity contribution is 6.02. The standard InChI is InChI=1S/C23H37N3O2/c1-4-5-6-7-8-10-13-22(27)24-19-14-15-21(25(2)3)20(18-19)23(28)26-16-11-9-12-17-26/h14-15,18H,4-13,16-17H2,1-3H3,(H,24,27). The quantitative estimate of drug-likeness (QED) is 0.570. The number of hydrogen-bond donors (Lipinski definition) is 1. The van der Waals surface area contributed by atoms with Gasteiger partial charge >= 0.3 is 0 Å². The molecule has 0 unspecified atom stereocenters. The summed E-state index contributed by atoms with van der Waals surface area (Å²) in [6.07, 6.45) is 10.9. The van der Waals surface area contributed by atoms with Crippen molar-refractivity contribution < 1.29 is 9.59 Å². The lowest BCUT2D eigenvalue weighted by Crippen LogP contribution is -2.36. The number of carbonyl (C=O) groups excluding carboxylic acids is 2. The van der Waals surface area contributed by atoms with Crippen molar-refractivity contribution in [3.63, 3.8) is 0 Å². The summed E-state index contributed by atoms with van der Waals surface area (Å²) in [7, 11) is 3.89. The van der Waals surface area contributed by atoms with Crippen LogP contribution in [-0.4, -0.2) is 43.9 Å². The fourth-order valence-electron chi connectivity index (χ4n) is 3.73. The second kappa shape index (κ2) is 11.7. The van der Waals surface area contributed by atoms with E-state index in [1.807, 2.05) is 42.1 Å². The van der Waals surface area contributed by atoms with Gasteiger partial charge in [-0.15, -0.1) is 0 Å². The van der Waals surface area contributed by atoms with E-state index in [0.29, 0.717) is 17.7 Å². The average molecular weight is 388 g/mol. The summed E-state index contributed by atoms with van der Waals surface area (Å²) in [5.41, 5.74) is 2.27. The number of benzene rings is 1. The van der Waals surface area contributed by atoms with Gasteiger partial charge in [0, 0.05) is 45.0 Å². The molecule has 0 atom stereocenters. The molecule has 2 rings (SSSR count). The summed E-state index contributed by atoms with van der Waals surface area (Å²) in [4.78, 5) is 29.2. The van der Waals surface area contributed by atoms with Gasteiger partial charge in [0.1, 0.15) is 0 Å². The van der Waals surface area contributed by atoms with Crippen LogP contribution in [-0.2, 0) is 4.79 Å². The highest BCUT2D eigenvalue weighted by Crippen LogP contribution is 2.26. The molecule has 1 aliphatic heterocycles. The van der Waals surface area contributed by atoms with Crippen molar-refractivity contribution in [2.75, 3.05) is 37.4 Å². The Bertz CT molecular complexity index is 637. The predicted octanol–water partition coefficient (Wildman–Crippen LogP) is 5.07. The Morgan fingerprint density at radius 2 is 1.68 bits per heavy atom. The lowest BCUT2D eigenvalue weighted by molar-refractivity contribution is -0.116. The monoisotopic (exact) mass is 387 g/mol. The van der Waals surface area contributed by atoms with Crippen LogP contribution in [0.3, 0.4) is 0 Å². The zero-order valence-corrected chi connectivity index (χ0v) is 17.9. The SMILES string of the molecule is CCCCCCCCC(=O)Nc1ccc(N(C)C)c(C(=O)N2CCCCC2)c1. The minimum atomic E-state index is 0.0319. The van der Waals surface area contributed by atoms with Gasteiger partial charge in [0.25, 0.3) is 5.91 Å². The van der Waals surface area contributed by atoms with Gasteiger partial charge < -0.3 is 15.1 Å². The van der Waals surface area contributed by atoms with Crippen LogP contribution in [0.5, 0.6) is 0 Å². The van der Waals surface area contributed by atoms with Gasteiger partial charge in [0.2, 0.25) is 5.91 Å². The third-order valence-electron chi connectivity index (χ3n) is 5.39. The molecule has 0 aliphatic carbocycles.